The molecule has 1 saturated heterocycles. The Balaban J connectivity index is 1.82. The van der Waals surface area contributed by atoms with Crippen LogP contribution in [0, 0.1) is 5.92 Å². The van der Waals surface area contributed by atoms with Crippen LogP contribution in [0.4, 0.5) is 5.69 Å². The average Bonchev–Trinajstić information content (AvgIpc) is 2.97. The van der Waals surface area contributed by atoms with Gasteiger partial charge in [-0.05, 0) is 18.1 Å². The molecule has 0 amide bonds. The second-order valence-corrected chi connectivity index (χ2v) is 5.52. The Labute approximate surface area is 118 Å². The number of aromatic hydroxyl groups is 1. The van der Waals surface area contributed by atoms with Gasteiger partial charge in [0.1, 0.15) is 5.75 Å². The summed E-state index contributed by atoms with van der Waals surface area (Å²) in [5, 5.41) is 13.6. The summed E-state index contributed by atoms with van der Waals surface area (Å²) >= 11 is 0. The van der Waals surface area contributed by atoms with Crippen LogP contribution in [0.1, 0.15) is 29.7 Å². The van der Waals surface area contributed by atoms with Crippen LogP contribution >= 0.6 is 0 Å². The molecular formula is C17H17NO2. The lowest BCUT2D eigenvalue weighted by Gasteiger charge is -2.36. The molecule has 2 N–H and O–H groups in total. The minimum atomic E-state index is 0.0866. The zero-order chi connectivity index (χ0) is 13.5. The van der Waals surface area contributed by atoms with Crippen molar-refractivity contribution in [2.75, 3.05) is 11.9 Å². The highest BCUT2D eigenvalue weighted by molar-refractivity contribution is 5.65. The molecule has 0 saturated carbocycles. The Hall–Kier alpha value is -2.00. The number of rotatable bonds is 1. The van der Waals surface area contributed by atoms with Crippen molar-refractivity contribution in [3.63, 3.8) is 0 Å². The first kappa shape index (κ1) is 11.8. The lowest BCUT2D eigenvalue weighted by atomic mass is 9.81. The normalized spacial score (nSPS) is 27.5. The summed E-state index contributed by atoms with van der Waals surface area (Å²) in [6.45, 7) is 0.787. The van der Waals surface area contributed by atoms with Gasteiger partial charge in [0.2, 0.25) is 0 Å². The molecule has 0 aliphatic carbocycles. The van der Waals surface area contributed by atoms with E-state index in [1.165, 1.54) is 5.56 Å². The Morgan fingerprint density at radius 1 is 1.05 bits per heavy atom. The maximum Gasteiger partial charge on any atom is 0.139 e. The largest absolute Gasteiger partial charge is 0.506 e. The van der Waals surface area contributed by atoms with E-state index in [0.717, 1.165) is 24.3 Å². The summed E-state index contributed by atoms with van der Waals surface area (Å²) in [6, 6.07) is 16.3. The lowest BCUT2D eigenvalue weighted by Crippen LogP contribution is -2.29. The van der Waals surface area contributed by atoms with Crippen molar-refractivity contribution in [2.45, 2.75) is 18.6 Å². The van der Waals surface area contributed by atoms with Gasteiger partial charge < -0.3 is 15.2 Å². The Kier molecular flexibility index (Phi) is 2.67. The van der Waals surface area contributed by atoms with Crippen LogP contribution in [0.25, 0.3) is 0 Å². The van der Waals surface area contributed by atoms with E-state index in [1.54, 1.807) is 6.07 Å². The fourth-order valence-corrected chi connectivity index (χ4v) is 3.47. The van der Waals surface area contributed by atoms with Crippen LogP contribution in [0.3, 0.4) is 0 Å². The molecule has 4 rings (SSSR count). The number of anilines is 1. The van der Waals surface area contributed by atoms with Gasteiger partial charge in [0.05, 0.1) is 17.8 Å². The predicted molar refractivity (Wildman–Crippen MR) is 77.7 cm³/mol. The van der Waals surface area contributed by atoms with Gasteiger partial charge >= 0.3 is 0 Å². The Morgan fingerprint density at radius 3 is 2.75 bits per heavy atom. The monoisotopic (exact) mass is 267 g/mol. The number of benzene rings is 2. The van der Waals surface area contributed by atoms with E-state index in [2.05, 4.69) is 29.6 Å². The standard InChI is InChI=1S/C17H17NO2/c19-14-8-4-7-12-16(14)18-15(11-5-2-1-3-6-11)13-9-10-20-17(12)13/h1-8,13,15,17-19H,9-10H2/t13-,15+,17+/m0/s1. The van der Waals surface area contributed by atoms with Crippen molar-refractivity contribution in [3.8, 4) is 5.75 Å². The van der Waals surface area contributed by atoms with E-state index >= 15 is 0 Å². The summed E-state index contributed by atoms with van der Waals surface area (Å²) < 4.78 is 5.94. The third kappa shape index (κ3) is 1.70. The summed E-state index contributed by atoms with van der Waals surface area (Å²) in [5.41, 5.74) is 3.16. The maximum absolute atomic E-state index is 10.1. The first-order chi connectivity index (χ1) is 9.84. The van der Waals surface area contributed by atoms with Crippen LogP contribution in [0.2, 0.25) is 0 Å². The molecule has 1 fully saturated rings. The second kappa shape index (κ2) is 4.53. The quantitative estimate of drug-likeness (QED) is 0.775. The fraction of sp³-hybridized carbons (Fsp3) is 0.294. The number of fused-ring (bicyclic) bond motifs is 3. The van der Waals surface area contributed by atoms with E-state index in [4.69, 9.17) is 4.74 Å². The smallest absolute Gasteiger partial charge is 0.139 e. The average molecular weight is 267 g/mol. The van der Waals surface area contributed by atoms with Gasteiger partial charge in [-0.3, -0.25) is 0 Å². The van der Waals surface area contributed by atoms with Crippen LogP contribution in [-0.4, -0.2) is 11.7 Å². The van der Waals surface area contributed by atoms with E-state index < -0.39 is 0 Å². The van der Waals surface area contributed by atoms with Crippen molar-refractivity contribution in [2.24, 2.45) is 5.92 Å². The molecule has 2 aromatic rings. The Bertz CT molecular complexity index is 626. The van der Waals surface area contributed by atoms with Crippen LogP contribution in [0.15, 0.2) is 48.5 Å². The number of phenols is 1. The number of hydrogen-bond donors (Lipinski definition) is 2. The first-order valence-electron chi connectivity index (χ1n) is 7.09. The number of phenolic OH excluding ortho intramolecular Hbond substituents is 1. The molecule has 3 heteroatoms. The van der Waals surface area contributed by atoms with Crippen molar-refractivity contribution >= 4 is 5.69 Å². The third-order valence-electron chi connectivity index (χ3n) is 4.41. The molecule has 2 heterocycles. The van der Waals surface area contributed by atoms with Gasteiger partial charge in [-0.15, -0.1) is 0 Å². The molecule has 2 aromatic carbocycles. The van der Waals surface area contributed by atoms with E-state index in [1.807, 2.05) is 18.2 Å². The number of ether oxygens (including phenoxy) is 1. The minimum absolute atomic E-state index is 0.0866. The molecule has 0 radical (unpaired) electrons. The lowest BCUT2D eigenvalue weighted by molar-refractivity contribution is 0.0826. The molecule has 0 aromatic heterocycles. The summed E-state index contributed by atoms with van der Waals surface area (Å²) in [6.07, 6.45) is 1.13. The van der Waals surface area contributed by atoms with Crippen molar-refractivity contribution in [1.82, 2.24) is 0 Å². The van der Waals surface area contributed by atoms with E-state index in [-0.39, 0.29) is 12.1 Å². The molecule has 3 atom stereocenters. The van der Waals surface area contributed by atoms with Gasteiger partial charge in [-0.2, -0.15) is 0 Å². The summed E-state index contributed by atoms with van der Waals surface area (Å²) in [5.74, 6) is 0.726. The fourth-order valence-electron chi connectivity index (χ4n) is 3.47. The molecule has 0 unspecified atom stereocenters. The Morgan fingerprint density at radius 2 is 1.90 bits per heavy atom. The molecule has 102 valence electrons. The number of nitrogens with one attached hydrogen (secondary N) is 1. The van der Waals surface area contributed by atoms with E-state index in [9.17, 15) is 5.11 Å². The second-order valence-electron chi connectivity index (χ2n) is 5.52. The first-order valence-corrected chi connectivity index (χ1v) is 7.09. The highest BCUT2D eigenvalue weighted by Gasteiger charge is 2.42. The van der Waals surface area contributed by atoms with Gasteiger partial charge in [0.15, 0.2) is 0 Å². The molecule has 2 aliphatic heterocycles. The third-order valence-corrected chi connectivity index (χ3v) is 4.41. The van der Waals surface area contributed by atoms with Crippen LogP contribution < -0.4 is 5.32 Å². The minimum Gasteiger partial charge on any atom is -0.506 e. The van der Waals surface area contributed by atoms with Crippen LogP contribution in [-0.2, 0) is 4.74 Å². The highest BCUT2D eigenvalue weighted by Crippen LogP contribution is 2.51. The SMILES string of the molecule is Oc1cccc2c1N[C@H](c1ccccc1)[C@@H]1CCO[C@H]21. The van der Waals surface area contributed by atoms with Crippen LogP contribution in [0.5, 0.6) is 5.75 Å². The van der Waals surface area contributed by atoms with Gasteiger partial charge in [-0.1, -0.05) is 42.5 Å². The van der Waals surface area contributed by atoms with E-state index in [0.29, 0.717) is 11.7 Å². The van der Waals surface area contributed by atoms with Crippen molar-refractivity contribution in [1.29, 1.82) is 0 Å². The van der Waals surface area contributed by atoms with Gasteiger partial charge in [0, 0.05) is 18.1 Å². The van der Waals surface area contributed by atoms with Crippen molar-refractivity contribution < 1.29 is 9.84 Å². The van der Waals surface area contributed by atoms with Crippen molar-refractivity contribution in [3.05, 3.63) is 59.7 Å². The summed E-state index contributed by atoms with van der Waals surface area (Å²) in [7, 11) is 0. The molecule has 2 aliphatic rings. The summed E-state index contributed by atoms with van der Waals surface area (Å²) in [4.78, 5) is 0. The van der Waals surface area contributed by atoms with Gasteiger partial charge in [0.25, 0.3) is 0 Å². The highest BCUT2D eigenvalue weighted by atomic mass is 16.5. The molecule has 20 heavy (non-hydrogen) atoms. The number of para-hydroxylation sites is 1. The maximum atomic E-state index is 10.1. The van der Waals surface area contributed by atoms with Gasteiger partial charge in [-0.25, -0.2) is 0 Å². The molecule has 3 nitrogen and oxygen atoms in total. The molecular weight excluding hydrogens is 250 g/mol. The topological polar surface area (TPSA) is 41.5 Å². The zero-order valence-electron chi connectivity index (χ0n) is 11.1. The molecule has 0 spiro atoms. The molecule has 0 bridgehead atoms. The predicted octanol–water partition coefficient (Wildman–Crippen LogP) is 3.64. The number of hydrogen-bond acceptors (Lipinski definition) is 3. The zero-order valence-corrected chi connectivity index (χ0v) is 11.1.